The molecule has 0 aliphatic heterocycles. The fraction of sp³-hybridized carbons (Fsp3) is 0.818. The summed E-state index contributed by atoms with van der Waals surface area (Å²) < 4.78 is 0. The smallest absolute Gasteiger partial charge is 0.136 e. The molecule has 0 radical (unpaired) electrons. The number of aliphatic hydroxyl groups excluding tert-OH is 1. The summed E-state index contributed by atoms with van der Waals surface area (Å²) in [5, 5.41) is 12.5. The summed E-state index contributed by atoms with van der Waals surface area (Å²) in [5.41, 5.74) is 0. The van der Waals surface area contributed by atoms with Gasteiger partial charge in [0.1, 0.15) is 12.6 Å². The summed E-state index contributed by atoms with van der Waals surface area (Å²) in [6.07, 6.45) is 5.95. The highest BCUT2D eigenvalue weighted by molar-refractivity contribution is 5.59. The Kier molecular flexibility index (Phi) is 5.50. The van der Waals surface area contributed by atoms with E-state index in [0.29, 0.717) is 18.9 Å². The van der Waals surface area contributed by atoms with Gasteiger partial charge in [0.2, 0.25) is 0 Å². The van der Waals surface area contributed by atoms with Gasteiger partial charge in [0.15, 0.2) is 0 Å². The van der Waals surface area contributed by atoms with E-state index in [0.717, 1.165) is 38.3 Å². The highest BCUT2D eigenvalue weighted by Crippen LogP contribution is 2.18. The summed E-state index contributed by atoms with van der Waals surface area (Å²) >= 11 is 0. The molecule has 0 heterocycles. The van der Waals surface area contributed by atoms with E-state index >= 15 is 0 Å². The molecule has 0 aromatic heterocycles. The van der Waals surface area contributed by atoms with Crippen molar-refractivity contribution in [2.45, 2.75) is 56.7 Å². The van der Waals surface area contributed by atoms with E-state index in [1.54, 1.807) is 0 Å². The first-order valence-corrected chi connectivity index (χ1v) is 5.59. The van der Waals surface area contributed by atoms with E-state index < -0.39 is 0 Å². The Morgan fingerprint density at radius 1 is 1.27 bits per heavy atom. The van der Waals surface area contributed by atoms with Crippen LogP contribution in [0.1, 0.15) is 38.5 Å². The van der Waals surface area contributed by atoms with Gasteiger partial charge in [-0.1, -0.05) is 0 Å². The van der Waals surface area contributed by atoms with Gasteiger partial charge in [-0.05, 0) is 32.1 Å². The van der Waals surface area contributed by atoms with Gasteiger partial charge in [0.25, 0.3) is 0 Å². The van der Waals surface area contributed by atoms with Crippen LogP contribution in [0.4, 0.5) is 0 Å². The Morgan fingerprint density at radius 3 is 2.47 bits per heavy atom. The molecule has 1 aliphatic rings. The molecule has 0 amide bonds. The second-order valence-corrected chi connectivity index (χ2v) is 4.16. The lowest BCUT2D eigenvalue weighted by Crippen LogP contribution is -2.42. The first-order chi connectivity index (χ1) is 7.26. The van der Waals surface area contributed by atoms with Crippen molar-refractivity contribution < 1.29 is 14.7 Å². The average molecular weight is 213 g/mol. The molecule has 1 aliphatic carbocycles. The molecule has 1 atom stereocenters. The van der Waals surface area contributed by atoms with Crippen molar-refractivity contribution in [3.05, 3.63) is 0 Å². The molecular weight excluding hydrogens is 194 g/mol. The topological polar surface area (TPSA) is 66.4 Å². The summed E-state index contributed by atoms with van der Waals surface area (Å²) in [7, 11) is 0. The predicted octanol–water partition coefficient (Wildman–Crippen LogP) is 0.426. The van der Waals surface area contributed by atoms with Crippen LogP contribution in [0.2, 0.25) is 0 Å². The largest absolute Gasteiger partial charge is 0.393 e. The van der Waals surface area contributed by atoms with Gasteiger partial charge in [-0.15, -0.1) is 0 Å². The number of carbonyl (C=O) groups is 2. The molecule has 0 spiro atoms. The van der Waals surface area contributed by atoms with E-state index in [2.05, 4.69) is 5.32 Å². The van der Waals surface area contributed by atoms with Crippen molar-refractivity contribution in [2.75, 3.05) is 0 Å². The highest BCUT2D eigenvalue weighted by atomic mass is 16.3. The second-order valence-electron chi connectivity index (χ2n) is 4.16. The van der Waals surface area contributed by atoms with Gasteiger partial charge in [-0.2, -0.15) is 0 Å². The van der Waals surface area contributed by atoms with Crippen molar-refractivity contribution in [3.63, 3.8) is 0 Å². The Hall–Kier alpha value is -0.740. The van der Waals surface area contributed by atoms with Crippen molar-refractivity contribution in [1.29, 1.82) is 0 Å². The molecule has 4 heteroatoms. The number of hydrogen-bond acceptors (Lipinski definition) is 4. The standard InChI is InChI=1S/C11H19NO3/c13-7-1-2-10(8-14)12-9-3-5-11(15)6-4-9/h7-12,15H,1-6H2/t9-,10?,11+. The molecule has 4 nitrogen and oxygen atoms in total. The summed E-state index contributed by atoms with van der Waals surface area (Å²) in [6.45, 7) is 0. The lowest BCUT2D eigenvalue weighted by Gasteiger charge is -2.28. The molecule has 0 saturated heterocycles. The Balaban J connectivity index is 2.25. The SMILES string of the molecule is O=CCCC(C=O)N[C@H]1CC[C@@H](O)CC1. The van der Waals surface area contributed by atoms with Crippen molar-refractivity contribution in [2.24, 2.45) is 0 Å². The van der Waals surface area contributed by atoms with Crippen LogP contribution < -0.4 is 5.32 Å². The maximum atomic E-state index is 10.7. The zero-order valence-corrected chi connectivity index (χ0v) is 8.89. The molecule has 0 aromatic carbocycles. The molecule has 1 rings (SSSR count). The zero-order chi connectivity index (χ0) is 11.1. The monoisotopic (exact) mass is 213 g/mol. The number of nitrogens with one attached hydrogen (secondary N) is 1. The molecule has 2 N–H and O–H groups in total. The molecule has 0 aromatic rings. The molecule has 0 bridgehead atoms. The lowest BCUT2D eigenvalue weighted by molar-refractivity contribution is -0.110. The number of aldehydes is 2. The molecule has 1 saturated carbocycles. The Bertz CT molecular complexity index is 200. The van der Waals surface area contributed by atoms with E-state index in [9.17, 15) is 14.7 Å². The van der Waals surface area contributed by atoms with Gasteiger partial charge >= 0.3 is 0 Å². The molecule has 86 valence electrons. The lowest BCUT2D eigenvalue weighted by atomic mass is 9.92. The minimum Gasteiger partial charge on any atom is -0.393 e. The Labute approximate surface area is 90.0 Å². The molecule has 1 fully saturated rings. The first-order valence-electron chi connectivity index (χ1n) is 5.59. The third-order valence-electron chi connectivity index (χ3n) is 2.91. The fourth-order valence-electron chi connectivity index (χ4n) is 1.98. The zero-order valence-electron chi connectivity index (χ0n) is 8.89. The van der Waals surface area contributed by atoms with E-state index in [-0.39, 0.29) is 12.1 Å². The number of carbonyl (C=O) groups excluding carboxylic acids is 2. The number of aliphatic hydroxyl groups is 1. The summed E-state index contributed by atoms with van der Waals surface area (Å²) in [4.78, 5) is 20.9. The minimum absolute atomic E-state index is 0.173. The van der Waals surface area contributed by atoms with Gasteiger partial charge in [0, 0.05) is 12.5 Å². The molecule has 15 heavy (non-hydrogen) atoms. The highest BCUT2D eigenvalue weighted by Gasteiger charge is 2.21. The van der Waals surface area contributed by atoms with Gasteiger partial charge in [-0.3, -0.25) is 0 Å². The Morgan fingerprint density at radius 2 is 1.93 bits per heavy atom. The molecule has 1 unspecified atom stereocenters. The van der Waals surface area contributed by atoms with Crippen LogP contribution in [0.3, 0.4) is 0 Å². The number of hydrogen-bond donors (Lipinski definition) is 2. The van der Waals surface area contributed by atoms with Gasteiger partial charge < -0.3 is 20.0 Å². The third-order valence-corrected chi connectivity index (χ3v) is 2.91. The van der Waals surface area contributed by atoms with Crippen molar-refractivity contribution in [3.8, 4) is 0 Å². The third kappa shape index (κ3) is 4.53. The average Bonchev–Trinajstić information content (AvgIpc) is 2.27. The van der Waals surface area contributed by atoms with E-state index in [4.69, 9.17) is 0 Å². The van der Waals surface area contributed by atoms with Crippen LogP contribution in [0.25, 0.3) is 0 Å². The quantitative estimate of drug-likeness (QED) is 0.628. The second kappa shape index (κ2) is 6.69. The first kappa shape index (κ1) is 12.3. The van der Waals surface area contributed by atoms with Gasteiger partial charge in [0.05, 0.1) is 12.1 Å². The fourth-order valence-corrected chi connectivity index (χ4v) is 1.98. The van der Waals surface area contributed by atoms with Crippen LogP contribution in [0.15, 0.2) is 0 Å². The van der Waals surface area contributed by atoms with Gasteiger partial charge in [-0.25, -0.2) is 0 Å². The van der Waals surface area contributed by atoms with Crippen LogP contribution in [-0.4, -0.2) is 35.9 Å². The summed E-state index contributed by atoms with van der Waals surface area (Å²) in [6, 6.07) is 0.102. The van der Waals surface area contributed by atoms with E-state index in [1.807, 2.05) is 0 Å². The van der Waals surface area contributed by atoms with Crippen LogP contribution in [0.5, 0.6) is 0 Å². The normalized spacial score (nSPS) is 28.3. The van der Waals surface area contributed by atoms with Crippen LogP contribution in [-0.2, 0) is 9.59 Å². The summed E-state index contributed by atoms with van der Waals surface area (Å²) in [5.74, 6) is 0. The molecular formula is C11H19NO3. The van der Waals surface area contributed by atoms with Crippen molar-refractivity contribution in [1.82, 2.24) is 5.32 Å². The maximum absolute atomic E-state index is 10.7. The minimum atomic E-state index is -0.213. The van der Waals surface area contributed by atoms with E-state index in [1.165, 1.54) is 0 Å². The predicted molar refractivity (Wildman–Crippen MR) is 56.5 cm³/mol. The van der Waals surface area contributed by atoms with Crippen molar-refractivity contribution >= 4 is 12.6 Å². The number of rotatable bonds is 6. The van der Waals surface area contributed by atoms with Crippen LogP contribution >= 0.6 is 0 Å². The van der Waals surface area contributed by atoms with Crippen LogP contribution in [0, 0.1) is 0 Å². The maximum Gasteiger partial charge on any atom is 0.136 e.